The topological polar surface area (TPSA) is 70.7 Å². The van der Waals surface area contributed by atoms with Gasteiger partial charge in [0.05, 0.1) is 28.3 Å². The molecule has 1 aromatic heterocycles. The Balaban J connectivity index is 1.30. The maximum Gasteiger partial charge on any atom is 0.336 e. The van der Waals surface area contributed by atoms with Crippen LogP contribution in [-0.2, 0) is 13.6 Å². The molecule has 1 aliphatic heterocycles. The first-order valence-electron chi connectivity index (χ1n) is 13.5. The number of aromatic nitrogens is 2. The molecule has 0 spiro atoms. The zero-order valence-electron chi connectivity index (χ0n) is 22.6. The number of nitrogens with zero attached hydrogens (tertiary/aromatic N) is 4. The number of carboxylic acid groups (broad SMARTS) is 1. The fourth-order valence-electron chi connectivity index (χ4n) is 5.89. The molecule has 2 aliphatic rings. The molecule has 4 aromatic rings. The van der Waals surface area contributed by atoms with Crippen LogP contribution in [0, 0.1) is 0 Å². The van der Waals surface area contributed by atoms with E-state index in [4.69, 9.17) is 9.98 Å². The highest BCUT2D eigenvalue weighted by Gasteiger charge is 2.36. The van der Waals surface area contributed by atoms with E-state index >= 15 is 0 Å². The molecule has 6 nitrogen and oxygen atoms in total. The molecule has 0 radical (unpaired) electrons. The predicted molar refractivity (Wildman–Crippen MR) is 157 cm³/mol. The molecule has 2 heterocycles. The van der Waals surface area contributed by atoms with Crippen LogP contribution in [0.15, 0.2) is 95.1 Å². The maximum absolute atomic E-state index is 11.7. The Morgan fingerprint density at radius 2 is 1.77 bits per heavy atom. The van der Waals surface area contributed by atoms with Gasteiger partial charge in [0.15, 0.2) is 0 Å². The highest BCUT2D eigenvalue weighted by molar-refractivity contribution is 5.96. The summed E-state index contributed by atoms with van der Waals surface area (Å²) in [5.74, 6) is 1.24. The highest BCUT2D eigenvalue weighted by atomic mass is 16.4. The molecule has 1 N–H and O–H groups in total. The van der Waals surface area contributed by atoms with Crippen molar-refractivity contribution in [1.29, 1.82) is 0 Å². The molecule has 39 heavy (non-hydrogen) atoms. The van der Waals surface area contributed by atoms with Crippen molar-refractivity contribution in [2.75, 3.05) is 0 Å². The van der Waals surface area contributed by atoms with Gasteiger partial charge in [-0.05, 0) is 59.4 Å². The van der Waals surface area contributed by atoms with Crippen LogP contribution < -0.4 is 0 Å². The largest absolute Gasteiger partial charge is 0.478 e. The van der Waals surface area contributed by atoms with Crippen molar-refractivity contribution in [2.45, 2.75) is 45.7 Å². The lowest BCUT2D eigenvalue weighted by Gasteiger charge is -2.31. The normalized spacial score (nSPS) is 16.9. The van der Waals surface area contributed by atoms with E-state index < -0.39 is 5.97 Å². The third kappa shape index (κ3) is 4.46. The van der Waals surface area contributed by atoms with Gasteiger partial charge in [-0.25, -0.2) is 14.8 Å². The number of carbonyl (C=O) groups is 1. The fourth-order valence-corrected chi connectivity index (χ4v) is 5.89. The summed E-state index contributed by atoms with van der Waals surface area (Å²) in [6.45, 7) is 5.11. The Morgan fingerprint density at radius 1 is 1.03 bits per heavy atom. The molecule has 0 amide bonds. The van der Waals surface area contributed by atoms with Crippen molar-refractivity contribution in [3.05, 3.63) is 107 Å². The molecule has 0 saturated carbocycles. The number of carboxylic acids is 1. The molecule has 196 valence electrons. The molecular weight excluding hydrogens is 484 g/mol. The zero-order valence-corrected chi connectivity index (χ0v) is 22.6. The number of fused-ring (bicyclic) bond motifs is 2. The summed E-state index contributed by atoms with van der Waals surface area (Å²) in [4.78, 5) is 24.3. The van der Waals surface area contributed by atoms with Crippen LogP contribution in [0.5, 0.6) is 0 Å². The summed E-state index contributed by atoms with van der Waals surface area (Å²) < 4.78 is 2.19. The average molecular weight is 517 g/mol. The Kier molecular flexibility index (Phi) is 6.39. The Morgan fingerprint density at radius 3 is 2.51 bits per heavy atom. The molecule has 6 heteroatoms. The number of allylic oxidation sites excluding steroid dienone is 2. The molecule has 1 atom stereocenters. The van der Waals surface area contributed by atoms with Crippen molar-refractivity contribution in [1.82, 2.24) is 14.5 Å². The van der Waals surface area contributed by atoms with E-state index in [-0.39, 0.29) is 6.04 Å². The third-order valence-electron chi connectivity index (χ3n) is 7.80. The van der Waals surface area contributed by atoms with Gasteiger partial charge in [0.25, 0.3) is 0 Å². The molecule has 0 bridgehead atoms. The number of aliphatic imine (C=N–C) groups is 1. The summed E-state index contributed by atoms with van der Waals surface area (Å²) >= 11 is 0. The second-order valence-electron chi connectivity index (χ2n) is 10.4. The monoisotopic (exact) mass is 516 g/mol. The second kappa shape index (κ2) is 10.0. The number of hydrogen-bond acceptors (Lipinski definition) is 4. The second-order valence-corrected chi connectivity index (χ2v) is 10.4. The summed E-state index contributed by atoms with van der Waals surface area (Å²) in [7, 11) is 2.09. The first-order valence-corrected chi connectivity index (χ1v) is 13.5. The van der Waals surface area contributed by atoms with Crippen LogP contribution in [0.2, 0.25) is 0 Å². The van der Waals surface area contributed by atoms with Gasteiger partial charge < -0.3 is 14.6 Å². The molecule has 0 saturated heterocycles. The minimum absolute atomic E-state index is 0.166. The first kappa shape index (κ1) is 24.9. The molecule has 1 aliphatic carbocycles. The zero-order chi connectivity index (χ0) is 27.1. The summed E-state index contributed by atoms with van der Waals surface area (Å²) in [5, 5.41) is 9.61. The van der Waals surface area contributed by atoms with Gasteiger partial charge >= 0.3 is 5.97 Å². The highest BCUT2D eigenvalue weighted by Crippen LogP contribution is 2.39. The van der Waals surface area contributed by atoms with Crippen molar-refractivity contribution in [2.24, 2.45) is 12.0 Å². The van der Waals surface area contributed by atoms with Crippen molar-refractivity contribution in [3.63, 3.8) is 0 Å². The predicted octanol–water partition coefficient (Wildman–Crippen LogP) is 7.08. The van der Waals surface area contributed by atoms with E-state index in [1.54, 1.807) is 12.1 Å². The van der Waals surface area contributed by atoms with Crippen LogP contribution in [0.25, 0.3) is 27.7 Å². The smallest absolute Gasteiger partial charge is 0.336 e. The number of aromatic carboxylic acids is 1. The van der Waals surface area contributed by atoms with Crippen LogP contribution in [0.4, 0.5) is 0 Å². The SMILES string of the molecule is CCCC1=NC2=C(C)C=C(c3nc4ccccc4n3C)CC2N1Cc1ccc(-c2ccccc2C(=O)O)cc1. The number of amidine groups is 1. The lowest BCUT2D eigenvalue weighted by atomic mass is 9.92. The van der Waals surface area contributed by atoms with Gasteiger partial charge in [0.1, 0.15) is 11.7 Å². The van der Waals surface area contributed by atoms with E-state index in [2.05, 4.69) is 66.8 Å². The summed E-state index contributed by atoms with van der Waals surface area (Å²) in [6, 6.07) is 23.9. The van der Waals surface area contributed by atoms with E-state index in [0.717, 1.165) is 65.3 Å². The van der Waals surface area contributed by atoms with Crippen LogP contribution in [0.1, 0.15) is 54.9 Å². The molecule has 1 unspecified atom stereocenters. The lowest BCUT2D eigenvalue weighted by Crippen LogP contribution is -2.36. The third-order valence-corrected chi connectivity index (χ3v) is 7.80. The van der Waals surface area contributed by atoms with Crippen LogP contribution in [0.3, 0.4) is 0 Å². The molecule has 6 rings (SSSR count). The molecule has 3 aromatic carbocycles. The van der Waals surface area contributed by atoms with E-state index in [0.29, 0.717) is 5.56 Å². The number of aryl methyl sites for hydroxylation is 1. The van der Waals surface area contributed by atoms with Crippen molar-refractivity contribution in [3.8, 4) is 11.1 Å². The number of imidazole rings is 1. The van der Waals surface area contributed by atoms with E-state index in [1.807, 2.05) is 30.3 Å². The Bertz CT molecular complexity index is 1670. The molecular formula is C33H32N4O2. The minimum Gasteiger partial charge on any atom is -0.478 e. The fraction of sp³-hybridized carbons (Fsp3) is 0.242. The van der Waals surface area contributed by atoms with Gasteiger partial charge in [-0.15, -0.1) is 0 Å². The van der Waals surface area contributed by atoms with Crippen LogP contribution >= 0.6 is 0 Å². The van der Waals surface area contributed by atoms with Gasteiger partial charge in [0, 0.05) is 26.4 Å². The number of rotatable bonds is 7. The van der Waals surface area contributed by atoms with Crippen molar-refractivity contribution >= 4 is 28.4 Å². The molecule has 0 fully saturated rings. The van der Waals surface area contributed by atoms with Gasteiger partial charge in [-0.1, -0.05) is 67.6 Å². The minimum atomic E-state index is -0.913. The van der Waals surface area contributed by atoms with E-state index in [1.165, 1.54) is 16.7 Å². The quantitative estimate of drug-likeness (QED) is 0.285. The van der Waals surface area contributed by atoms with Gasteiger partial charge in [-0.2, -0.15) is 0 Å². The standard InChI is InChI=1S/C33H32N4O2/c1-4-9-30-35-31-21(2)18-24(32-34-27-12-7-8-13-28(27)36(32)3)19-29(31)37(30)20-22-14-16-23(17-15-22)25-10-5-6-11-26(25)33(38)39/h5-8,10-18,29H,4,9,19-20H2,1-3H3,(H,38,39). The summed E-state index contributed by atoms with van der Waals surface area (Å²) in [6.07, 6.45) is 5.08. The van der Waals surface area contributed by atoms with Gasteiger partial charge in [-0.3, -0.25) is 0 Å². The number of para-hydroxylation sites is 2. The average Bonchev–Trinajstić information content (AvgIpc) is 3.47. The maximum atomic E-state index is 11.7. The first-order chi connectivity index (χ1) is 18.9. The number of benzene rings is 3. The lowest BCUT2D eigenvalue weighted by molar-refractivity contribution is 0.0697. The summed E-state index contributed by atoms with van der Waals surface area (Å²) in [5.41, 5.74) is 8.87. The van der Waals surface area contributed by atoms with Gasteiger partial charge in [0.2, 0.25) is 0 Å². The van der Waals surface area contributed by atoms with Crippen LogP contribution in [-0.4, -0.2) is 37.4 Å². The Labute approximate surface area is 228 Å². The Hall–Kier alpha value is -4.45. The van der Waals surface area contributed by atoms with E-state index in [9.17, 15) is 9.90 Å². The number of hydrogen-bond donors (Lipinski definition) is 1. The van der Waals surface area contributed by atoms with Crippen molar-refractivity contribution < 1.29 is 9.90 Å².